The highest BCUT2D eigenvalue weighted by molar-refractivity contribution is 6.73. The Kier molecular flexibility index (Phi) is 22.5. The lowest BCUT2D eigenvalue weighted by molar-refractivity contribution is 0.247. The molecule has 236 valence electrons. The molecule has 0 saturated carbocycles. The van der Waals surface area contributed by atoms with Gasteiger partial charge < -0.3 is 31.0 Å². The molecule has 0 N–H and O–H groups in total. The third kappa shape index (κ3) is 17.3. The van der Waals surface area contributed by atoms with Crippen molar-refractivity contribution in [2.24, 2.45) is 0 Å². The summed E-state index contributed by atoms with van der Waals surface area (Å²) in [7, 11) is 5.22. The maximum Gasteiger partial charge on any atom is 0.334 e. The van der Waals surface area contributed by atoms with Gasteiger partial charge in [0.1, 0.15) is 0 Å². The van der Waals surface area contributed by atoms with Crippen LogP contribution in [0.1, 0.15) is 77.0 Å². The van der Waals surface area contributed by atoms with Crippen molar-refractivity contribution in [3.63, 3.8) is 0 Å². The van der Waals surface area contributed by atoms with Gasteiger partial charge in [0.15, 0.2) is 8.32 Å². The van der Waals surface area contributed by atoms with E-state index >= 15 is 0 Å². The molecule has 0 aliphatic rings. The minimum absolute atomic E-state index is 1.08. The molecule has 7 nitrogen and oxygen atoms in total. The van der Waals surface area contributed by atoms with E-state index in [9.17, 15) is 0 Å². The number of hydrogen-bond donors (Lipinski definition) is 0. The van der Waals surface area contributed by atoms with Gasteiger partial charge in [-0.25, -0.2) is 0 Å². The number of hydrogen-bond acceptors (Lipinski definition) is 7. The van der Waals surface area contributed by atoms with Crippen molar-refractivity contribution >= 4 is 34.0 Å². The maximum absolute atomic E-state index is 6.46. The summed E-state index contributed by atoms with van der Waals surface area (Å²) in [6.45, 7) is 6.49. The molecule has 39 heavy (non-hydrogen) atoms. The molecule has 0 amide bonds. The van der Waals surface area contributed by atoms with Crippen LogP contribution in [0.25, 0.3) is 0 Å². The normalized spacial score (nSPS) is 13.4. The van der Waals surface area contributed by atoms with Crippen LogP contribution in [0, 0.1) is 0 Å². The summed E-state index contributed by atoms with van der Waals surface area (Å²) in [5.41, 5.74) is 0. The lowest BCUT2D eigenvalue weighted by atomic mass is 10.2. The monoisotopic (exact) mass is 626 g/mol. The molecular weight excluding hydrogens is 561 g/mol. The van der Waals surface area contributed by atoms with Gasteiger partial charge in [-0.2, -0.15) is 0 Å². The van der Waals surface area contributed by atoms with E-state index in [1.54, 1.807) is 42.7 Å². The lowest BCUT2D eigenvalue weighted by Crippen LogP contribution is -2.37. The third-order valence-electron chi connectivity index (χ3n) is 9.06. The van der Waals surface area contributed by atoms with Crippen molar-refractivity contribution in [2.75, 3.05) is 49.8 Å². The Labute approximate surface area is 247 Å². The molecule has 0 aromatic rings. The van der Waals surface area contributed by atoms with Crippen LogP contribution in [0.3, 0.4) is 0 Å². The highest BCUT2D eigenvalue weighted by Gasteiger charge is 2.33. The van der Waals surface area contributed by atoms with Gasteiger partial charge in [-0.3, -0.25) is 0 Å². The molecule has 0 fully saturated rings. The van der Waals surface area contributed by atoms with Gasteiger partial charge in [0.05, 0.1) is 0 Å². The Hall–Kier alpha value is 0.588. The van der Waals surface area contributed by atoms with Crippen LogP contribution in [0.4, 0.5) is 0 Å². The van der Waals surface area contributed by atoms with Crippen LogP contribution in [0.2, 0.25) is 55.9 Å². The van der Waals surface area contributed by atoms with E-state index in [0.717, 1.165) is 18.1 Å². The molecule has 0 rings (SSSR count). The van der Waals surface area contributed by atoms with Crippen molar-refractivity contribution in [3.05, 3.63) is 0 Å². The second-order valence-electron chi connectivity index (χ2n) is 11.8. The third-order valence-corrected chi connectivity index (χ3v) is 22.7. The molecule has 0 aliphatic carbocycles. The fourth-order valence-corrected chi connectivity index (χ4v) is 13.7. The fourth-order valence-electron chi connectivity index (χ4n) is 5.28. The topological polar surface area (TPSA) is 64.6 Å². The second-order valence-corrected chi connectivity index (χ2v) is 26.8. The molecule has 0 unspecified atom stereocenters. The summed E-state index contributed by atoms with van der Waals surface area (Å²) in [5, 5.41) is 0. The van der Waals surface area contributed by atoms with Gasteiger partial charge in [-0.15, -0.1) is 0 Å². The molecule has 0 heterocycles. The van der Waals surface area contributed by atoms with E-state index in [1.165, 1.54) is 95.2 Å². The first-order chi connectivity index (χ1) is 18.5. The zero-order valence-electron chi connectivity index (χ0n) is 27.6. The Balaban J connectivity index is 4.70. The summed E-state index contributed by atoms with van der Waals surface area (Å²) < 4.78 is 40.4. The van der Waals surface area contributed by atoms with Gasteiger partial charge in [-0.1, -0.05) is 77.0 Å². The highest BCUT2D eigenvalue weighted by atomic mass is 28.4. The van der Waals surface area contributed by atoms with Gasteiger partial charge in [-0.05, 0) is 55.9 Å². The molecule has 0 atom stereocenters. The average Bonchev–Trinajstić information content (AvgIpc) is 2.97. The van der Waals surface area contributed by atoms with Crippen LogP contribution in [-0.2, 0) is 31.0 Å². The molecule has 0 bridgehead atoms. The quantitative estimate of drug-likeness (QED) is 0.0639. The second kappa shape index (κ2) is 22.2. The van der Waals surface area contributed by atoms with Crippen LogP contribution in [0.15, 0.2) is 0 Å². The highest BCUT2D eigenvalue weighted by Crippen LogP contribution is 2.31. The van der Waals surface area contributed by atoms with Crippen molar-refractivity contribution in [2.45, 2.75) is 133 Å². The first-order valence-corrected chi connectivity index (χ1v) is 25.5. The van der Waals surface area contributed by atoms with Crippen LogP contribution >= 0.6 is 0 Å². The summed E-state index contributed by atoms with van der Waals surface area (Å²) in [5.74, 6) is 0. The molecule has 0 aromatic carbocycles. The lowest BCUT2D eigenvalue weighted by Gasteiger charge is -2.30. The van der Waals surface area contributed by atoms with E-state index in [0.29, 0.717) is 0 Å². The van der Waals surface area contributed by atoms with E-state index in [4.69, 9.17) is 31.0 Å². The standard InChI is InChI=1S/C28H66O7Si4/c1-29-36(8,30-2)23-17-11-14-20-26-39(35-7,27-21-15-12-18-24-37(9,31-3)32-4)28-22-16-13-19-25-38(10,33-5)34-6/h11-28H2,1-10H3. The first kappa shape index (κ1) is 39.6. The van der Waals surface area contributed by atoms with Crippen molar-refractivity contribution in [3.8, 4) is 0 Å². The Bertz CT molecular complexity index is 500. The maximum atomic E-state index is 6.46. The minimum atomic E-state index is -1.94. The molecule has 0 saturated heterocycles. The van der Waals surface area contributed by atoms with E-state index < -0.39 is 34.0 Å². The van der Waals surface area contributed by atoms with Gasteiger partial charge >= 0.3 is 25.7 Å². The Morgan fingerprint density at radius 1 is 0.282 bits per heavy atom. The predicted octanol–water partition coefficient (Wildman–Crippen LogP) is 8.35. The Morgan fingerprint density at radius 2 is 0.487 bits per heavy atom. The zero-order valence-corrected chi connectivity index (χ0v) is 31.6. The number of unbranched alkanes of at least 4 members (excludes halogenated alkanes) is 9. The van der Waals surface area contributed by atoms with E-state index in [2.05, 4.69) is 19.6 Å². The largest absolute Gasteiger partial charge is 0.420 e. The van der Waals surface area contributed by atoms with Crippen molar-refractivity contribution in [1.82, 2.24) is 0 Å². The molecule has 0 aliphatic heterocycles. The zero-order chi connectivity index (χ0) is 29.7. The summed E-state index contributed by atoms with van der Waals surface area (Å²) in [6, 6.07) is 7.12. The molecule has 0 radical (unpaired) electrons. The summed E-state index contributed by atoms with van der Waals surface area (Å²) in [6.07, 6.45) is 15.1. The van der Waals surface area contributed by atoms with Crippen molar-refractivity contribution in [1.29, 1.82) is 0 Å². The Morgan fingerprint density at radius 3 is 0.667 bits per heavy atom. The van der Waals surface area contributed by atoms with E-state index in [1.807, 2.05) is 7.11 Å². The average molecular weight is 627 g/mol. The molecule has 11 heteroatoms. The molecule has 0 spiro atoms. The van der Waals surface area contributed by atoms with Crippen molar-refractivity contribution < 1.29 is 31.0 Å². The first-order valence-electron chi connectivity index (χ1n) is 15.4. The van der Waals surface area contributed by atoms with Gasteiger partial charge in [0.25, 0.3) is 0 Å². The molecular formula is C28H66O7Si4. The SMILES string of the molecule is CO[Si](CCCCCC[Si](C)(OC)OC)(CCCCCC[Si](C)(OC)OC)CCCCCC[Si](C)(OC)OC. The van der Waals surface area contributed by atoms with Crippen LogP contribution < -0.4 is 0 Å². The van der Waals surface area contributed by atoms with Crippen LogP contribution in [-0.4, -0.2) is 83.8 Å². The summed E-state index contributed by atoms with van der Waals surface area (Å²) >= 11 is 0. The van der Waals surface area contributed by atoms with Crippen LogP contribution in [0.5, 0.6) is 0 Å². The van der Waals surface area contributed by atoms with Gasteiger partial charge in [0, 0.05) is 49.8 Å². The number of rotatable bonds is 28. The minimum Gasteiger partial charge on any atom is -0.420 e. The predicted molar refractivity (Wildman–Crippen MR) is 174 cm³/mol. The van der Waals surface area contributed by atoms with E-state index in [-0.39, 0.29) is 0 Å². The summed E-state index contributed by atoms with van der Waals surface area (Å²) in [4.78, 5) is 0. The smallest absolute Gasteiger partial charge is 0.334 e. The fraction of sp³-hybridized carbons (Fsp3) is 1.00. The molecule has 0 aromatic heterocycles. The van der Waals surface area contributed by atoms with Gasteiger partial charge in [0.2, 0.25) is 0 Å².